The van der Waals surface area contributed by atoms with E-state index < -0.39 is 97.5 Å². The molecule has 0 radical (unpaired) electrons. The smallest absolute Gasteiger partial charge is 0.462 e. The number of esters is 4. The summed E-state index contributed by atoms with van der Waals surface area (Å²) in [5.41, 5.74) is 0. The van der Waals surface area contributed by atoms with Crippen molar-refractivity contribution in [1.29, 1.82) is 0 Å². The van der Waals surface area contributed by atoms with Crippen molar-refractivity contribution in [2.75, 3.05) is 39.6 Å². The van der Waals surface area contributed by atoms with Gasteiger partial charge in [0.15, 0.2) is 12.2 Å². The number of allylic oxidation sites excluding steroid dienone is 28. The SMILES string of the molecule is CCCCC/C=C\C/C=C\C/C=C\C/C=C\CCCC(=O)OC[C@H](COP(=O)(O)OC[C@H](O)COP(=O)(O)OC[C@@H](COC(=O)CCC/C=C\C/C=C\C/C=C\C/C=C\CCCCC)OC(=O)CCCCCCC/C=C\C/C=C\CCCCC)OC(=O)CCC/C=C\C/C=C\C/C=C\C/C=C\CCCCC. The number of hydrogen-bond acceptors (Lipinski definition) is 15. The molecule has 0 amide bonds. The molecule has 602 valence electrons. The summed E-state index contributed by atoms with van der Waals surface area (Å²) in [6.07, 6.45) is 92.1. The van der Waals surface area contributed by atoms with Crippen molar-refractivity contribution < 1.29 is 80.2 Å². The summed E-state index contributed by atoms with van der Waals surface area (Å²) in [5, 5.41) is 10.6. The van der Waals surface area contributed by atoms with E-state index in [1.807, 2.05) is 36.5 Å². The Morgan fingerprint density at radius 2 is 0.472 bits per heavy atom. The second kappa shape index (κ2) is 77.6. The van der Waals surface area contributed by atoms with Crippen LogP contribution in [-0.2, 0) is 65.4 Å². The van der Waals surface area contributed by atoms with E-state index in [0.29, 0.717) is 44.9 Å². The first-order valence-electron chi connectivity index (χ1n) is 40.4. The van der Waals surface area contributed by atoms with E-state index in [1.165, 1.54) is 77.0 Å². The van der Waals surface area contributed by atoms with Crippen molar-refractivity contribution in [3.05, 3.63) is 170 Å². The quantitative estimate of drug-likeness (QED) is 0.0169. The zero-order valence-corrected chi connectivity index (χ0v) is 67.6. The number of phosphoric acid groups is 2. The van der Waals surface area contributed by atoms with Crippen molar-refractivity contribution >= 4 is 39.5 Å². The molecule has 0 saturated carbocycles. The number of rotatable bonds is 74. The molecule has 17 nitrogen and oxygen atoms in total. The van der Waals surface area contributed by atoms with E-state index in [-0.39, 0.29) is 25.7 Å². The second-order valence-electron chi connectivity index (χ2n) is 26.3. The van der Waals surface area contributed by atoms with Gasteiger partial charge >= 0.3 is 39.5 Å². The van der Waals surface area contributed by atoms with Crippen LogP contribution in [0.4, 0.5) is 0 Å². The first-order valence-corrected chi connectivity index (χ1v) is 43.4. The molecule has 3 N–H and O–H groups in total. The highest BCUT2D eigenvalue weighted by atomic mass is 31.2. The molecule has 5 atom stereocenters. The lowest BCUT2D eigenvalue weighted by molar-refractivity contribution is -0.161. The molecular formula is C87H142O17P2. The van der Waals surface area contributed by atoms with E-state index >= 15 is 0 Å². The molecule has 0 rings (SSSR count). The number of aliphatic hydroxyl groups is 1. The summed E-state index contributed by atoms with van der Waals surface area (Å²) in [4.78, 5) is 73.0. The molecule has 0 heterocycles. The zero-order chi connectivity index (χ0) is 77.4. The summed E-state index contributed by atoms with van der Waals surface area (Å²) in [7, 11) is -10.0. The Morgan fingerprint density at radius 1 is 0.264 bits per heavy atom. The van der Waals surface area contributed by atoms with Gasteiger partial charge in [-0.1, -0.05) is 268 Å². The molecule has 19 heteroatoms. The van der Waals surface area contributed by atoms with Gasteiger partial charge in [0.25, 0.3) is 0 Å². The fourth-order valence-electron chi connectivity index (χ4n) is 9.93. The third kappa shape index (κ3) is 76.6. The second-order valence-corrected chi connectivity index (χ2v) is 29.2. The molecule has 0 aromatic carbocycles. The number of aliphatic hydroxyl groups excluding tert-OH is 1. The summed E-state index contributed by atoms with van der Waals surface area (Å²) < 4.78 is 68.4. The fourth-order valence-corrected chi connectivity index (χ4v) is 11.5. The van der Waals surface area contributed by atoms with Crippen LogP contribution in [0, 0.1) is 0 Å². The van der Waals surface area contributed by atoms with Crippen LogP contribution in [0.1, 0.15) is 297 Å². The van der Waals surface area contributed by atoms with Crippen LogP contribution < -0.4 is 0 Å². The zero-order valence-electron chi connectivity index (χ0n) is 65.8. The van der Waals surface area contributed by atoms with Crippen LogP contribution in [0.5, 0.6) is 0 Å². The van der Waals surface area contributed by atoms with Gasteiger partial charge in [-0.05, 0) is 173 Å². The first kappa shape index (κ1) is 100. The maximum absolute atomic E-state index is 13.1. The van der Waals surface area contributed by atoms with Crippen LogP contribution in [0.15, 0.2) is 170 Å². The maximum atomic E-state index is 13.1. The highest BCUT2D eigenvalue weighted by Crippen LogP contribution is 2.45. The Bertz CT molecular complexity index is 2680. The van der Waals surface area contributed by atoms with E-state index in [0.717, 1.165) is 122 Å². The average molecular weight is 1520 g/mol. The molecule has 0 aliphatic rings. The Balaban J connectivity index is 5.55. The van der Waals surface area contributed by atoms with Gasteiger partial charge in [-0.25, -0.2) is 9.13 Å². The molecule has 0 aromatic rings. The van der Waals surface area contributed by atoms with Crippen LogP contribution in [0.3, 0.4) is 0 Å². The summed E-state index contributed by atoms with van der Waals surface area (Å²) >= 11 is 0. The Labute approximate surface area is 642 Å². The normalized spacial score (nSPS) is 14.7. The number of unbranched alkanes of at least 4 members (excludes halogenated alkanes) is 20. The molecule has 0 saturated heterocycles. The van der Waals surface area contributed by atoms with E-state index in [4.69, 9.17) is 37.0 Å². The predicted octanol–water partition coefficient (Wildman–Crippen LogP) is 23.8. The molecular weight excluding hydrogens is 1380 g/mol. The molecule has 106 heavy (non-hydrogen) atoms. The highest BCUT2D eigenvalue weighted by Gasteiger charge is 2.30. The van der Waals surface area contributed by atoms with Gasteiger partial charge in [0.05, 0.1) is 26.4 Å². The van der Waals surface area contributed by atoms with Gasteiger partial charge in [0.2, 0.25) is 0 Å². The van der Waals surface area contributed by atoms with E-state index in [2.05, 4.69) is 161 Å². The lowest BCUT2D eigenvalue weighted by Gasteiger charge is -2.21. The average Bonchev–Trinajstić information content (AvgIpc) is 0.902. The third-order valence-electron chi connectivity index (χ3n) is 16.1. The minimum atomic E-state index is -5.02. The van der Waals surface area contributed by atoms with Crippen molar-refractivity contribution in [2.24, 2.45) is 0 Å². The van der Waals surface area contributed by atoms with Gasteiger partial charge in [0, 0.05) is 25.7 Å². The maximum Gasteiger partial charge on any atom is 0.472 e. The predicted molar refractivity (Wildman–Crippen MR) is 436 cm³/mol. The minimum Gasteiger partial charge on any atom is -0.462 e. The van der Waals surface area contributed by atoms with Crippen LogP contribution in [0.2, 0.25) is 0 Å². The van der Waals surface area contributed by atoms with Gasteiger partial charge in [-0.15, -0.1) is 0 Å². The number of carbonyl (C=O) groups excluding carboxylic acids is 4. The summed E-state index contributed by atoms with van der Waals surface area (Å²) in [5.74, 6) is -2.40. The lowest BCUT2D eigenvalue weighted by Crippen LogP contribution is -2.30. The standard InChI is InChI=1S/C87H142O17P2/c1-5-9-13-17-21-25-29-33-37-40-44-47-51-55-59-63-67-71-84(89)97-77-82(103-86(91)73-69-65-61-57-53-49-43-36-32-28-24-20-16-12-8-4)79-101-105(93,94)99-75-81(88)76-100-106(95,96)102-80-83(104-87(92)74-70-66-62-58-54-50-46-42-39-35-31-27-23-19-15-11-7-3)78-98-85(90)72-68-64-60-56-52-48-45-41-38-34-30-26-22-18-14-10-6-2/h21-28,33-39,43-48,50,55-56,58-60,62,81-83,88H,5-20,29-32,40-42,49,51-54,57,61,63-80H2,1-4H3,(H,93,94)(H,95,96)/b25-21-,26-22-,27-23-,28-24-,37-33-,38-34-,39-35-,43-36-,47-44-,48-45-,50-46-,59-55-,60-56-,62-58-/t81-,82-,83-/m1/s1. The van der Waals surface area contributed by atoms with E-state index in [9.17, 15) is 43.2 Å². The molecule has 0 bridgehead atoms. The Kier molecular flexibility index (Phi) is 73.5. The fraction of sp³-hybridized carbons (Fsp3) is 0.632. The lowest BCUT2D eigenvalue weighted by atomic mass is 10.1. The Morgan fingerprint density at radius 3 is 0.745 bits per heavy atom. The van der Waals surface area contributed by atoms with Crippen LogP contribution in [0.25, 0.3) is 0 Å². The van der Waals surface area contributed by atoms with Gasteiger partial charge < -0.3 is 33.8 Å². The molecule has 0 fully saturated rings. The topological polar surface area (TPSA) is 237 Å². The monoisotopic (exact) mass is 1520 g/mol. The van der Waals surface area contributed by atoms with Crippen molar-refractivity contribution in [3.63, 3.8) is 0 Å². The van der Waals surface area contributed by atoms with Gasteiger partial charge in [-0.2, -0.15) is 0 Å². The third-order valence-corrected chi connectivity index (χ3v) is 18.0. The largest absolute Gasteiger partial charge is 0.472 e. The Hall–Kier alpha value is -5.58. The molecule has 0 aliphatic carbocycles. The summed E-state index contributed by atoms with van der Waals surface area (Å²) in [6, 6.07) is 0. The molecule has 0 spiro atoms. The van der Waals surface area contributed by atoms with Crippen LogP contribution in [-0.4, -0.2) is 96.7 Å². The van der Waals surface area contributed by atoms with Crippen LogP contribution >= 0.6 is 15.6 Å². The van der Waals surface area contributed by atoms with Crippen molar-refractivity contribution in [3.8, 4) is 0 Å². The summed E-state index contributed by atoms with van der Waals surface area (Å²) in [6.45, 7) is 4.54. The molecule has 0 aromatic heterocycles. The number of carbonyl (C=O) groups is 4. The first-order chi connectivity index (χ1) is 51.7. The minimum absolute atomic E-state index is 0.0000266. The van der Waals surface area contributed by atoms with Gasteiger partial charge in [0.1, 0.15) is 19.3 Å². The van der Waals surface area contributed by atoms with E-state index in [1.54, 1.807) is 0 Å². The van der Waals surface area contributed by atoms with Crippen molar-refractivity contribution in [2.45, 2.75) is 316 Å². The van der Waals surface area contributed by atoms with Gasteiger partial charge in [-0.3, -0.25) is 37.3 Å². The highest BCUT2D eigenvalue weighted by molar-refractivity contribution is 7.47. The molecule has 2 unspecified atom stereocenters. The number of hydrogen-bond donors (Lipinski definition) is 3. The number of phosphoric ester groups is 2. The van der Waals surface area contributed by atoms with Crippen molar-refractivity contribution in [1.82, 2.24) is 0 Å². The molecule has 0 aliphatic heterocycles. The number of ether oxygens (including phenoxy) is 4.